The molecule has 0 aliphatic carbocycles. The van der Waals surface area contributed by atoms with Crippen LogP contribution in [0.3, 0.4) is 0 Å². The third kappa shape index (κ3) is 2.33. The predicted octanol–water partition coefficient (Wildman–Crippen LogP) is -0.766. The summed E-state index contributed by atoms with van der Waals surface area (Å²) in [6.07, 6.45) is 1.42. The van der Waals surface area contributed by atoms with E-state index in [-0.39, 0.29) is 25.4 Å². The number of aliphatic carboxylic acids is 1. The number of amides is 1. The normalized spacial score (nSPS) is 27.6. The van der Waals surface area contributed by atoms with Gasteiger partial charge in [0.25, 0.3) is 5.91 Å². The molecule has 0 aromatic carbocycles. The summed E-state index contributed by atoms with van der Waals surface area (Å²) in [5.74, 6) is -1.72. The van der Waals surface area contributed by atoms with Crippen LogP contribution in [-0.4, -0.2) is 48.9 Å². The first kappa shape index (κ1) is 11.7. The zero-order valence-corrected chi connectivity index (χ0v) is 9.10. The first-order valence-electron chi connectivity index (χ1n) is 5.22. The second-order valence-electron chi connectivity index (χ2n) is 3.85. The molecule has 0 saturated carbocycles. The lowest BCUT2D eigenvalue weighted by Crippen LogP contribution is -2.55. The number of rotatable bonds is 3. The van der Waals surface area contributed by atoms with E-state index in [2.05, 4.69) is 5.32 Å². The first-order valence-corrected chi connectivity index (χ1v) is 5.22. The fourth-order valence-electron chi connectivity index (χ4n) is 1.65. The Morgan fingerprint density at radius 3 is 2.71 bits per heavy atom. The van der Waals surface area contributed by atoms with Gasteiger partial charge in [-0.15, -0.1) is 0 Å². The molecule has 0 bridgehead atoms. The molecule has 1 saturated heterocycles. The standard InChI is InChI=1S/C10H13NO6/c12-8(7-5-15-3-4-17-7)11-10(9(13)14)1-2-16-6-10/h5H,1-4,6H2,(H,11,12)(H,13,14). The van der Waals surface area contributed by atoms with Gasteiger partial charge in [0.15, 0.2) is 5.54 Å². The van der Waals surface area contributed by atoms with Crippen molar-refractivity contribution in [1.29, 1.82) is 0 Å². The van der Waals surface area contributed by atoms with Crippen LogP contribution in [0.4, 0.5) is 0 Å². The van der Waals surface area contributed by atoms with Gasteiger partial charge in [0.05, 0.1) is 6.61 Å². The van der Waals surface area contributed by atoms with Crippen molar-refractivity contribution in [1.82, 2.24) is 5.32 Å². The molecule has 17 heavy (non-hydrogen) atoms. The van der Waals surface area contributed by atoms with Gasteiger partial charge in [-0.2, -0.15) is 0 Å². The number of nitrogens with one attached hydrogen (secondary N) is 1. The van der Waals surface area contributed by atoms with Crippen LogP contribution in [-0.2, 0) is 23.8 Å². The number of hydrogen-bond acceptors (Lipinski definition) is 5. The third-order valence-electron chi connectivity index (χ3n) is 2.66. The minimum absolute atomic E-state index is 0.0104. The smallest absolute Gasteiger partial charge is 0.331 e. The summed E-state index contributed by atoms with van der Waals surface area (Å²) in [5, 5.41) is 11.5. The monoisotopic (exact) mass is 243 g/mol. The lowest BCUT2D eigenvalue weighted by molar-refractivity contribution is -0.147. The third-order valence-corrected chi connectivity index (χ3v) is 2.66. The van der Waals surface area contributed by atoms with Crippen molar-refractivity contribution in [3.05, 3.63) is 12.0 Å². The van der Waals surface area contributed by atoms with Crippen LogP contribution >= 0.6 is 0 Å². The predicted molar refractivity (Wildman–Crippen MR) is 53.9 cm³/mol. The molecule has 7 heteroatoms. The van der Waals surface area contributed by atoms with Crippen LogP contribution in [0.25, 0.3) is 0 Å². The average Bonchev–Trinajstić information content (AvgIpc) is 2.80. The average molecular weight is 243 g/mol. The molecule has 1 unspecified atom stereocenters. The molecule has 94 valence electrons. The Bertz CT molecular complexity index is 358. The largest absolute Gasteiger partial charge is 0.494 e. The van der Waals surface area contributed by atoms with Crippen LogP contribution in [0.2, 0.25) is 0 Å². The number of hydrogen-bond donors (Lipinski definition) is 2. The Labute approximate surface area is 97.3 Å². The summed E-state index contributed by atoms with van der Waals surface area (Å²) < 4.78 is 15.0. The topological polar surface area (TPSA) is 94.1 Å². The zero-order chi connectivity index (χ0) is 12.3. The van der Waals surface area contributed by atoms with Gasteiger partial charge in [0.2, 0.25) is 5.76 Å². The molecular weight excluding hydrogens is 230 g/mol. The Kier molecular flexibility index (Phi) is 3.19. The van der Waals surface area contributed by atoms with Crippen LogP contribution in [0, 0.1) is 0 Å². The molecule has 2 aliphatic rings. The lowest BCUT2D eigenvalue weighted by atomic mass is 9.99. The Morgan fingerprint density at radius 2 is 2.18 bits per heavy atom. The van der Waals surface area contributed by atoms with Crippen molar-refractivity contribution >= 4 is 11.9 Å². The maximum atomic E-state index is 11.8. The summed E-state index contributed by atoms with van der Waals surface area (Å²) in [6, 6.07) is 0. The SMILES string of the molecule is O=C(NC1(C(=O)O)CCOC1)C1=COCCO1. The van der Waals surface area contributed by atoms with Crippen LogP contribution in [0.15, 0.2) is 12.0 Å². The highest BCUT2D eigenvalue weighted by atomic mass is 16.6. The number of ether oxygens (including phenoxy) is 3. The van der Waals surface area contributed by atoms with E-state index in [0.717, 1.165) is 0 Å². The minimum Gasteiger partial charge on any atom is -0.494 e. The van der Waals surface area contributed by atoms with Gasteiger partial charge in [-0.1, -0.05) is 0 Å². The second-order valence-corrected chi connectivity index (χ2v) is 3.85. The minimum atomic E-state index is -1.36. The van der Waals surface area contributed by atoms with Gasteiger partial charge < -0.3 is 24.6 Å². The first-order chi connectivity index (χ1) is 8.14. The molecule has 2 heterocycles. The number of carboxylic acids is 1. The number of carbonyl (C=O) groups is 2. The van der Waals surface area contributed by atoms with Crippen LogP contribution < -0.4 is 5.32 Å². The molecule has 2 N–H and O–H groups in total. The van der Waals surface area contributed by atoms with Gasteiger partial charge in [-0.05, 0) is 0 Å². The van der Waals surface area contributed by atoms with Gasteiger partial charge in [0, 0.05) is 13.0 Å². The Morgan fingerprint density at radius 1 is 1.35 bits per heavy atom. The molecule has 0 radical (unpaired) electrons. The molecular formula is C10H13NO6. The highest BCUT2D eigenvalue weighted by molar-refractivity contribution is 5.95. The van der Waals surface area contributed by atoms with E-state index >= 15 is 0 Å². The van der Waals surface area contributed by atoms with Crippen molar-refractivity contribution in [2.24, 2.45) is 0 Å². The number of carbonyl (C=O) groups excluding carboxylic acids is 1. The van der Waals surface area contributed by atoms with Gasteiger partial charge >= 0.3 is 5.97 Å². The highest BCUT2D eigenvalue weighted by Gasteiger charge is 2.44. The molecule has 1 fully saturated rings. The van der Waals surface area contributed by atoms with E-state index in [4.69, 9.17) is 19.3 Å². The molecule has 1 amide bonds. The molecule has 0 spiro atoms. The highest BCUT2D eigenvalue weighted by Crippen LogP contribution is 2.20. The summed E-state index contributed by atoms with van der Waals surface area (Å²) in [7, 11) is 0. The van der Waals surface area contributed by atoms with E-state index in [0.29, 0.717) is 13.2 Å². The van der Waals surface area contributed by atoms with E-state index in [1.54, 1.807) is 0 Å². The number of carboxylic acid groups (broad SMARTS) is 1. The molecule has 2 rings (SSSR count). The van der Waals surface area contributed by atoms with Gasteiger partial charge in [0.1, 0.15) is 19.5 Å². The maximum Gasteiger partial charge on any atom is 0.331 e. The fourth-order valence-corrected chi connectivity index (χ4v) is 1.65. The van der Waals surface area contributed by atoms with Crippen molar-refractivity contribution in [2.75, 3.05) is 26.4 Å². The molecule has 7 nitrogen and oxygen atoms in total. The Balaban J connectivity index is 2.05. The van der Waals surface area contributed by atoms with Gasteiger partial charge in [-0.25, -0.2) is 4.79 Å². The van der Waals surface area contributed by atoms with Crippen molar-refractivity contribution in [3.8, 4) is 0 Å². The second kappa shape index (κ2) is 4.62. The van der Waals surface area contributed by atoms with Crippen molar-refractivity contribution in [2.45, 2.75) is 12.0 Å². The van der Waals surface area contributed by atoms with E-state index in [9.17, 15) is 9.59 Å². The molecule has 0 aromatic rings. The van der Waals surface area contributed by atoms with E-state index in [1.807, 2.05) is 0 Å². The molecule has 0 aromatic heterocycles. The van der Waals surface area contributed by atoms with Gasteiger partial charge in [-0.3, -0.25) is 4.79 Å². The lowest BCUT2D eigenvalue weighted by Gasteiger charge is -2.25. The van der Waals surface area contributed by atoms with E-state index < -0.39 is 17.4 Å². The maximum absolute atomic E-state index is 11.8. The summed E-state index contributed by atoms with van der Waals surface area (Å²) in [4.78, 5) is 22.9. The zero-order valence-electron chi connectivity index (χ0n) is 9.10. The quantitative estimate of drug-likeness (QED) is 0.676. The van der Waals surface area contributed by atoms with Crippen LogP contribution in [0.5, 0.6) is 0 Å². The van der Waals surface area contributed by atoms with Crippen LogP contribution in [0.1, 0.15) is 6.42 Å². The summed E-state index contributed by atoms with van der Waals surface area (Å²) in [5.41, 5.74) is -1.36. The Hall–Kier alpha value is -1.76. The summed E-state index contributed by atoms with van der Waals surface area (Å²) >= 11 is 0. The molecule has 1 atom stereocenters. The van der Waals surface area contributed by atoms with E-state index in [1.165, 1.54) is 6.26 Å². The fraction of sp³-hybridized carbons (Fsp3) is 0.600. The molecule has 2 aliphatic heterocycles. The van der Waals surface area contributed by atoms with Crippen molar-refractivity contribution < 1.29 is 28.9 Å². The van der Waals surface area contributed by atoms with Crippen molar-refractivity contribution in [3.63, 3.8) is 0 Å². The summed E-state index contributed by atoms with van der Waals surface area (Å²) in [6.45, 7) is 0.922.